The maximum atomic E-state index is 12.3. The van der Waals surface area contributed by atoms with Crippen LogP contribution in [0.1, 0.15) is 36.5 Å². The van der Waals surface area contributed by atoms with Crippen LogP contribution in [0.15, 0.2) is 42.5 Å². The quantitative estimate of drug-likeness (QED) is 0.638. The van der Waals surface area contributed by atoms with Gasteiger partial charge in [0.25, 0.3) is 5.91 Å². The van der Waals surface area contributed by atoms with Gasteiger partial charge in [0.2, 0.25) is 0 Å². The second kappa shape index (κ2) is 8.80. The highest BCUT2D eigenvalue weighted by Crippen LogP contribution is 2.30. The van der Waals surface area contributed by atoms with Crippen molar-refractivity contribution in [3.63, 3.8) is 0 Å². The average molecular weight is 352 g/mol. The minimum absolute atomic E-state index is 0.266. The molecule has 0 atom stereocenters. The molecule has 1 N–H and O–H groups in total. The van der Waals surface area contributed by atoms with Crippen LogP contribution in [0.25, 0.3) is 0 Å². The van der Waals surface area contributed by atoms with Gasteiger partial charge in [0, 0.05) is 5.56 Å². The molecule has 0 spiro atoms. The van der Waals surface area contributed by atoms with Gasteiger partial charge < -0.3 is 10.1 Å². The van der Waals surface area contributed by atoms with E-state index >= 15 is 0 Å². The number of hydrogen-bond donors (Lipinski definition) is 1. The van der Waals surface area contributed by atoms with Crippen molar-refractivity contribution in [3.05, 3.63) is 58.1 Å². The predicted octanol–water partition coefficient (Wildman–Crippen LogP) is 5.81. The van der Waals surface area contributed by atoms with Crippen LogP contribution in [0.5, 0.6) is 5.75 Å². The number of amides is 1. The number of nitrogens with one attached hydrogen (secondary N) is 1. The van der Waals surface area contributed by atoms with Gasteiger partial charge in [0.15, 0.2) is 0 Å². The van der Waals surface area contributed by atoms with Gasteiger partial charge in [-0.15, -0.1) is 0 Å². The van der Waals surface area contributed by atoms with E-state index in [2.05, 4.69) is 12.2 Å². The van der Waals surface area contributed by atoms with Gasteiger partial charge in [0.1, 0.15) is 5.75 Å². The molecule has 0 bridgehead atoms. The fourth-order valence-electron chi connectivity index (χ4n) is 2.05. The molecule has 2 rings (SSSR count). The normalized spacial score (nSPS) is 10.4. The van der Waals surface area contributed by atoms with Crippen molar-refractivity contribution in [1.29, 1.82) is 0 Å². The fourth-order valence-corrected chi connectivity index (χ4v) is 2.54. The molecule has 0 unspecified atom stereocenters. The number of unbranched alkanes of at least 4 members (excludes halogenated alkanes) is 2. The van der Waals surface area contributed by atoms with E-state index in [1.807, 2.05) is 0 Å². The van der Waals surface area contributed by atoms with E-state index in [1.54, 1.807) is 42.5 Å². The summed E-state index contributed by atoms with van der Waals surface area (Å²) >= 11 is 12.1. The first-order chi connectivity index (χ1) is 11.1. The highest BCUT2D eigenvalue weighted by molar-refractivity contribution is 6.40. The lowest BCUT2D eigenvalue weighted by Crippen LogP contribution is -2.12. The van der Waals surface area contributed by atoms with E-state index < -0.39 is 0 Å². The molecule has 5 heteroatoms. The number of benzene rings is 2. The summed E-state index contributed by atoms with van der Waals surface area (Å²) in [4.78, 5) is 12.3. The first-order valence-corrected chi connectivity index (χ1v) is 8.35. The van der Waals surface area contributed by atoms with Crippen molar-refractivity contribution in [2.75, 3.05) is 11.9 Å². The van der Waals surface area contributed by atoms with Crippen molar-refractivity contribution in [3.8, 4) is 5.75 Å². The summed E-state index contributed by atoms with van der Waals surface area (Å²) in [6.45, 7) is 2.84. The van der Waals surface area contributed by atoms with Crippen LogP contribution in [0.2, 0.25) is 10.0 Å². The van der Waals surface area contributed by atoms with Gasteiger partial charge in [-0.25, -0.2) is 0 Å². The SMILES string of the molecule is CCCCCOc1ccc(C(=O)Nc2c(Cl)cccc2Cl)cc1. The Hall–Kier alpha value is -1.71. The first-order valence-electron chi connectivity index (χ1n) is 7.60. The molecule has 0 heterocycles. The third-order valence-corrected chi connectivity index (χ3v) is 3.96. The Labute approximate surface area is 146 Å². The summed E-state index contributed by atoms with van der Waals surface area (Å²) in [6, 6.07) is 12.1. The summed E-state index contributed by atoms with van der Waals surface area (Å²) in [5, 5.41) is 3.54. The second-order valence-electron chi connectivity index (χ2n) is 5.13. The number of anilines is 1. The molecule has 0 aliphatic carbocycles. The first kappa shape index (κ1) is 17.6. The zero-order chi connectivity index (χ0) is 16.7. The number of carbonyl (C=O) groups is 1. The second-order valence-corrected chi connectivity index (χ2v) is 5.95. The molecule has 122 valence electrons. The number of ether oxygens (including phenoxy) is 1. The van der Waals surface area contributed by atoms with Gasteiger partial charge in [0.05, 0.1) is 22.3 Å². The van der Waals surface area contributed by atoms with Crippen LogP contribution in [-0.2, 0) is 0 Å². The smallest absolute Gasteiger partial charge is 0.255 e. The Balaban J connectivity index is 1.97. The highest BCUT2D eigenvalue weighted by atomic mass is 35.5. The maximum Gasteiger partial charge on any atom is 0.255 e. The molecule has 0 radical (unpaired) electrons. The Morgan fingerprint density at radius 2 is 1.70 bits per heavy atom. The van der Waals surface area contributed by atoms with Crippen molar-refractivity contribution >= 4 is 34.8 Å². The topological polar surface area (TPSA) is 38.3 Å². The lowest BCUT2D eigenvalue weighted by molar-refractivity contribution is 0.102. The van der Waals surface area contributed by atoms with Crippen LogP contribution < -0.4 is 10.1 Å². The van der Waals surface area contributed by atoms with E-state index in [1.165, 1.54) is 0 Å². The Morgan fingerprint density at radius 3 is 2.30 bits per heavy atom. The molecule has 0 saturated carbocycles. The molecule has 3 nitrogen and oxygen atoms in total. The predicted molar refractivity (Wildman–Crippen MR) is 95.9 cm³/mol. The molecular weight excluding hydrogens is 333 g/mol. The van der Waals surface area contributed by atoms with Crippen molar-refractivity contribution in [2.24, 2.45) is 0 Å². The number of para-hydroxylation sites is 1. The van der Waals surface area contributed by atoms with E-state index in [4.69, 9.17) is 27.9 Å². The molecule has 0 aliphatic heterocycles. The lowest BCUT2D eigenvalue weighted by Gasteiger charge is -2.10. The summed E-state index contributed by atoms with van der Waals surface area (Å²) in [6.07, 6.45) is 3.34. The molecule has 1 amide bonds. The van der Waals surface area contributed by atoms with Crippen molar-refractivity contribution < 1.29 is 9.53 Å². The zero-order valence-corrected chi connectivity index (χ0v) is 14.5. The monoisotopic (exact) mass is 351 g/mol. The molecule has 0 aliphatic rings. The molecule has 0 saturated heterocycles. The average Bonchev–Trinajstić information content (AvgIpc) is 2.55. The van der Waals surface area contributed by atoms with Crippen LogP contribution in [0, 0.1) is 0 Å². The standard InChI is InChI=1S/C18H19Cl2NO2/c1-2-3-4-12-23-14-10-8-13(9-11-14)18(22)21-17-15(19)6-5-7-16(17)20/h5-11H,2-4,12H2,1H3,(H,21,22). The minimum Gasteiger partial charge on any atom is -0.494 e. The molecule has 2 aromatic rings. The number of rotatable bonds is 7. The number of halogens is 2. The Bertz CT molecular complexity index is 636. The van der Waals surface area contributed by atoms with Crippen LogP contribution in [0.4, 0.5) is 5.69 Å². The molecule has 2 aromatic carbocycles. The molecular formula is C18H19Cl2NO2. The van der Waals surface area contributed by atoms with Crippen molar-refractivity contribution in [1.82, 2.24) is 0 Å². The number of hydrogen-bond acceptors (Lipinski definition) is 2. The largest absolute Gasteiger partial charge is 0.494 e. The number of carbonyl (C=O) groups excluding carboxylic acids is 1. The molecule has 0 fully saturated rings. The third-order valence-electron chi connectivity index (χ3n) is 3.33. The van der Waals surface area contributed by atoms with E-state index in [-0.39, 0.29) is 5.91 Å². The van der Waals surface area contributed by atoms with E-state index in [0.29, 0.717) is 27.9 Å². The van der Waals surface area contributed by atoms with E-state index in [0.717, 1.165) is 25.0 Å². The van der Waals surface area contributed by atoms with Gasteiger partial charge in [-0.1, -0.05) is 49.0 Å². The van der Waals surface area contributed by atoms with Crippen LogP contribution in [-0.4, -0.2) is 12.5 Å². The summed E-state index contributed by atoms with van der Waals surface area (Å²) < 4.78 is 5.63. The van der Waals surface area contributed by atoms with E-state index in [9.17, 15) is 4.79 Å². The summed E-state index contributed by atoms with van der Waals surface area (Å²) in [5.41, 5.74) is 0.933. The molecule has 0 aromatic heterocycles. The van der Waals surface area contributed by atoms with Gasteiger partial charge in [-0.05, 0) is 42.8 Å². The molecule has 23 heavy (non-hydrogen) atoms. The summed E-state index contributed by atoms with van der Waals surface area (Å²) in [7, 11) is 0. The minimum atomic E-state index is -0.266. The van der Waals surface area contributed by atoms with Crippen molar-refractivity contribution in [2.45, 2.75) is 26.2 Å². The maximum absolute atomic E-state index is 12.3. The van der Waals surface area contributed by atoms with Crippen LogP contribution in [0.3, 0.4) is 0 Å². The highest BCUT2D eigenvalue weighted by Gasteiger charge is 2.11. The van der Waals surface area contributed by atoms with Gasteiger partial charge in [-0.2, -0.15) is 0 Å². The lowest BCUT2D eigenvalue weighted by atomic mass is 10.2. The Morgan fingerprint density at radius 1 is 1.04 bits per heavy atom. The summed E-state index contributed by atoms with van der Waals surface area (Å²) in [5.74, 6) is 0.492. The zero-order valence-electron chi connectivity index (χ0n) is 12.9. The third kappa shape index (κ3) is 5.15. The van der Waals surface area contributed by atoms with Gasteiger partial charge >= 0.3 is 0 Å². The fraction of sp³-hybridized carbons (Fsp3) is 0.278. The van der Waals surface area contributed by atoms with Crippen LogP contribution >= 0.6 is 23.2 Å². The van der Waals surface area contributed by atoms with Gasteiger partial charge in [-0.3, -0.25) is 4.79 Å². The Kier molecular flexibility index (Phi) is 6.75.